The highest BCUT2D eigenvalue weighted by atomic mass is 19.3. The Kier molecular flexibility index (Phi) is 6.20. The largest absolute Gasteiger partial charge is 0.491 e. The van der Waals surface area contributed by atoms with Crippen LogP contribution in [0.3, 0.4) is 0 Å². The van der Waals surface area contributed by atoms with Crippen molar-refractivity contribution < 1.29 is 28.9 Å². The van der Waals surface area contributed by atoms with Crippen molar-refractivity contribution in [3.63, 3.8) is 0 Å². The van der Waals surface area contributed by atoms with Crippen molar-refractivity contribution >= 4 is 22.8 Å². The number of aliphatic carboxylic acids is 1. The molecular formula is C22H22FN3O6. The van der Waals surface area contributed by atoms with Crippen LogP contribution in [-0.4, -0.2) is 38.0 Å². The molecule has 168 valence electrons. The average Bonchev–Trinajstić information content (AvgIpc) is 3.17. The van der Waals surface area contributed by atoms with Crippen LogP contribution in [0.25, 0.3) is 22.3 Å². The molecule has 0 spiro atoms. The summed E-state index contributed by atoms with van der Waals surface area (Å²) in [6.07, 6.45) is 4.66. The van der Waals surface area contributed by atoms with Crippen LogP contribution in [0.15, 0.2) is 35.3 Å². The number of aryl methyl sites for hydroxylation is 2. The van der Waals surface area contributed by atoms with E-state index in [1.165, 1.54) is 12.3 Å². The molecule has 0 atom stereocenters. The van der Waals surface area contributed by atoms with Crippen molar-refractivity contribution in [1.82, 2.24) is 14.3 Å². The fraction of sp³-hybridized carbons (Fsp3) is 0.364. The minimum absolute atomic E-state index is 0.182. The molecule has 0 saturated carbocycles. The van der Waals surface area contributed by atoms with Gasteiger partial charge in [0.25, 0.3) is 0 Å². The van der Waals surface area contributed by atoms with Gasteiger partial charge in [-0.25, -0.2) is 9.74 Å². The summed E-state index contributed by atoms with van der Waals surface area (Å²) in [7, 11) is 0. The summed E-state index contributed by atoms with van der Waals surface area (Å²) in [4.78, 5) is 37.6. The van der Waals surface area contributed by atoms with Crippen molar-refractivity contribution in [3.8, 4) is 17.1 Å². The molecule has 1 aliphatic heterocycles. The van der Waals surface area contributed by atoms with E-state index in [2.05, 4.69) is 10.0 Å². The first-order chi connectivity index (χ1) is 15.5. The number of carbonyl (C=O) groups excluding carboxylic acids is 1. The molecule has 3 aromatic rings. The summed E-state index contributed by atoms with van der Waals surface area (Å²) in [5.41, 5.74) is 0.983. The van der Waals surface area contributed by atoms with Gasteiger partial charge in [0, 0.05) is 35.1 Å². The van der Waals surface area contributed by atoms with E-state index in [4.69, 9.17) is 9.84 Å². The highest BCUT2D eigenvalue weighted by molar-refractivity contribution is 5.96. The van der Waals surface area contributed by atoms with Crippen molar-refractivity contribution in [3.05, 3.63) is 46.2 Å². The zero-order valence-electron chi connectivity index (χ0n) is 17.3. The number of aromatic nitrogens is 3. The molecule has 1 aromatic carbocycles. The first kappa shape index (κ1) is 21.5. The highest BCUT2D eigenvalue weighted by Crippen LogP contribution is 2.35. The van der Waals surface area contributed by atoms with Gasteiger partial charge >= 0.3 is 11.9 Å². The Bertz CT molecular complexity index is 1230. The van der Waals surface area contributed by atoms with Gasteiger partial charge in [-0.3, -0.25) is 14.3 Å². The number of benzene rings is 1. The number of fused-ring (bicyclic) bond motifs is 5. The summed E-state index contributed by atoms with van der Waals surface area (Å²) < 4.78 is 21.7. The molecule has 1 aliphatic rings. The number of rotatable bonds is 9. The van der Waals surface area contributed by atoms with E-state index in [1.807, 2.05) is 18.2 Å². The van der Waals surface area contributed by atoms with Crippen LogP contribution < -0.4 is 10.2 Å². The lowest BCUT2D eigenvalue weighted by Crippen LogP contribution is -2.24. The number of nitrogens with zero attached hydrogens (tertiary/aromatic N) is 3. The summed E-state index contributed by atoms with van der Waals surface area (Å²) >= 11 is 0. The van der Waals surface area contributed by atoms with E-state index >= 15 is 0 Å². The molecule has 1 N–H and O–H groups in total. The lowest BCUT2D eigenvalue weighted by molar-refractivity contribution is -0.137. The molecule has 9 nitrogen and oxygen atoms in total. The van der Waals surface area contributed by atoms with Crippen LogP contribution >= 0.6 is 0 Å². The lowest BCUT2D eigenvalue weighted by Gasteiger charge is -2.21. The Morgan fingerprint density at radius 3 is 2.75 bits per heavy atom. The number of ether oxygens (including phenoxy) is 1. The molecule has 0 saturated heterocycles. The molecule has 0 unspecified atom stereocenters. The Balaban J connectivity index is 1.55. The van der Waals surface area contributed by atoms with Crippen molar-refractivity contribution in [2.45, 2.75) is 45.2 Å². The van der Waals surface area contributed by atoms with E-state index in [1.54, 1.807) is 9.25 Å². The maximum absolute atomic E-state index is 12.3. The molecule has 32 heavy (non-hydrogen) atoms. The number of carboxylic acids is 1. The number of hydrogen-bond acceptors (Lipinski definition) is 6. The zero-order valence-corrected chi connectivity index (χ0v) is 17.3. The van der Waals surface area contributed by atoms with Gasteiger partial charge in [-0.2, -0.15) is 5.10 Å². The molecule has 4 rings (SSSR count). The Hall–Kier alpha value is -3.69. The first-order valence-corrected chi connectivity index (χ1v) is 10.4. The fourth-order valence-electron chi connectivity index (χ4n) is 3.95. The molecule has 0 aliphatic carbocycles. The van der Waals surface area contributed by atoms with Crippen LogP contribution in [-0.2, 0) is 22.8 Å². The molecule has 0 bridgehead atoms. The third-order valence-electron chi connectivity index (χ3n) is 5.49. The molecule has 0 fully saturated rings. The topological polar surface area (TPSA) is 113 Å². The second-order valence-corrected chi connectivity index (χ2v) is 7.63. The monoisotopic (exact) mass is 443 g/mol. The maximum atomic E-state index is 12.3. The number of hydrogen-bond donors (Lipinski definition) is 1. The number of carboxylic acid groups (broad SMARTS) is 1. The normalized spacial score (nSPS) is 12.3. The van der Waals surface area contributed by atoms with Crippen LogP contribution in [0.1, 0.15) is 42.5 Å². The molecule has 3 heterocycles. The lowest BCUT2D eigenvalue weighted by atomic mass is 10.1. The van der Waals surface area contributed by atoms with E-state index in [0.717, 1.165) is 30.3 Å². The SMILES string of the molecule is O=C(O)CCCCCCOc1cccc2c3n(nc12)CCn1cc(C(=O)OF)c(=O)cc1-3. The number of unbranched alkanes of at least 4 members (excludes halogenated alkanes) is 3. The van der Waals surface area contributed by atoms with Crippen molar-refractivity contribution in [2.24, 2.45) is 0 Å². The van der Waals surface area contributed by atoms with Gasteiger partial charge in [-0.1, -0.05) is 25.0 Å². The second-order valence-electron chi connectivity index (χ2n) is 7.63. The van der Waals surface area contributed by atoms with Gasteiger partial charge in [0.2, 0.25) is 0 Å². The average molecular weight is 443 g/mol. The molecular weight excluding hydrogens is 421 g/mol. The minimum Gasteiger partial charge on any atom is -0.491 e. The van der Waals surface area contributed by atoms with E-state index < -0.39 is 17.4 Å². The van der Waals surface area contributed by atoms with Crippen molar-refractivity contribution in [1.29, 1.82) is 0 Å². The van der Waals surface area contributed by atoms with Gasteiger partial charge in [0.05, 0.1) is 24.5 Å². The van der Waals surface area contributed by atoms with Crippen LogP contribution in [0, 0.1) is 0 Å². The Morgan fingerprint density at radius 2 is 1.97 bits per heavy atom. The van der Waals surface area contributed by atoms with Crippen molar-refractivity contribution in [2.75, 3.05) is 6.61 Å². The predicted molar refractivity (Wildman–Crippen MR) is 112 cm³/mol. The minimum atomic E-state index is -1.31. The van der Waals surface area contributed by atoms with E-state index in [9.17, 15) is 18.9 Å². The Labute approximate surface area is 181 Å². The highest BCUT2D eigenvalue weighted by Gasteiger charge is 2.25. The second kappa shape index (κ2) is 9.21. The fourth-order valence-corrected chi connectivity index (χ4v) is 3.95. The van der Waals surface area contributed by atoms with Gasteiger partial charge in [0.1, 0.15) is 16.8 Å². The third-order valence-corrected chi connectivity index (χ3v) is 5.49. The zero-order chi connectivity index (χ0) is 22.7. The number of pyridine rings is 1. The summed E-state index contributed by atoms with van der Waals surface area (Å²) in [5, 5.41) is 14.1. The summed E-state index contributed by atoms with van der Waals surface area (Å²) in [5.74, 6) is -1.46. The van der Waals surface area contributed by atoms with Crippen LogP contribution in [0.2, 0.25) is 0 Å². The standard InChI is InChI=1S/C22H22FN3O6/c23-32-22(30)15-13-25-9-10-26-21(16(25)12-17(15)27)14-6-5-7-18(20(14)24-26)31-11-4-2-1-3-8-19(28)29/h5-7,12-13H,1-4,8-11H2,(H,28,29). The van der Waals surface area contributed by atoms with E-state index in [-0.39, 0.29) is 12.0 Å². The predicted octanol–water partition coefficient (Wildman–Crippen LogP) is 3.33. The van der Waals surface area contributed by atoms with Gasteiger partial charge < -0.3 is 14.4 Å². The smallest absolute Gasteiger partial charge is 0.384 e. The van der Waals surface area contributed by atoms with Crippen LogP contribution in [0.5, 0.6) is 5.75 Å². The maximum Gasteiger partial charge on any atom is 0.384 e. The number of halogens is 1. The quantitative estimate of drug-likeness (QED) is 0.505. The van der Waals surface area contributed by atoms with Gasteiger partial charge in [0.15, 0.2) is 5.43 Å². The third kappa shape index (κ3) is 4.20. The molecule has 10 heteroatoms. The first-order valence-electron chi connectivity index (χ1n) is 10.4. The molecule has 2 aromatic heterocycles. The number of carbonyl (C=O) groups is 2. The summed E-state index contributed by atoms with van der Waals surface area (Å²) in [6, 6.07) is 6.86. The van der Waals surface area contributed by atoms with E-state index in [0.29, 0.717) is 43.1 Å². The van der Waals surface area contributed by atoms with Gasteiger partial charge in [-0.15, -0.1) is 0 Å². The Morgan fingerprint density at radius 1 is 1.16 bits per heavy atom. The molecule has 0 radical (unpaired) electrons. The summed E-state index contributed by atoms with van der Waals surface area (Å²) in [6.45, 7) is 1.45. The molecule has 0 amide bonds. The van der Waals surface area contributed by atoms with Gasteiger partial charge in [-0.05, 0) is 18.9 Å². The van der Waals surface area contributed by atoms with Crippen LogP contribution in [0.4, 0.5) is 4.53 Å².